The summed E-state index contributed by atoms with van der Waals surface area (Å²) in [5, 5.41) is 11.5. The summed E-state index contributed by atoms with van der Waals surface area (Å²) >= 11 is 0. The Balaban J connectivity index is 3.75. The minimum Gasteiger partial charge on any atom is -0.447 e. The van der Waals surface area contributed by atoms with E-state index in [2.05, 4.69) is 5.32 Å². The summed E-state index contributed by atoms with van der Waals surface area (Å²) in [6, 6.07) is 0.604. The Hall–Kier alpha value is -0.673. The molecule has 0 aromatic carbocycles. The fourth-order valence-electron chi connectivity index (χ4n) is 1.30. The molecule has 2 N–H and O–H groups in total. The van der Waals surface area contributed by atoms with Gasteiger partial charge in [0.1, 0.15) is 6.61 Å². The first-order valence-electron chi connectivity index (χ1n) is 5.73. The molecule has 1 amide bonds. The monoisotopic (exact) mass is 281 g/mol. The van der Waals surface area contributed by atoms with Crippen LogP contribution in [-0.2, 0) is 18.0 Å². The Kier molecular flexibility index (Phi) is 8.94. The summed E-state index contributed by atoms with van der Waals surface area (Å²) < 4.78 is 20.5. The van der Waals surface area contributed by atoms with Crippen LogP contribution in [0.25, 0.3) is 0 Å². The van der Waals surface area contributed by atoms with Gasteiger partial charge in [-0.15, -0.1) is 0 Å². The van der Waals surface area contributed by atoms with Crippen LogP contribution in [-0.4, -0.2) is 60.6 Å². The number of aliphatic hydroxyl groups excluding tert-OH is 1. The van der Waals surface area contributed by atoms with Gasteiger partial charge in [-0.05, 0) is 13.3 Å². The molecule has 0 aliphatic carbocycles. The highest BCUT2D eigenvalue weighted by molar-refractivity contribution is 6.60. The summed E-state index contributed by atoms with van der Waals surface area (Å²) in [5.74, 6) is 0. The number of nitrogens with one attached hydrogen (secondary N) is 1. The van der Waals surface area contributed by atoms with Crippen molar-refractivity contribution >= 4 is 14.9 Å². The summed E-state index contributed by atoms with van der Waals surface area (Å²) in [6.07, 6.45) is -0.549. The van der Waals surface area contributed by atoms with Gasteiger partial charge in [-0.25, -0.2) is 4.79 Å². The molecular weight excluding hydrogens is 258 g/mol. The molecule has 108 valence electrons. The minimum atomic E-state index is -2.56. The van der Waals surface area contributed by atoms with Gasteiger partial charge in [0.25, 0.3) is 0 Å². The fourth-order valence-corrected chi connectivity index (χ4v) is 3.02. The van der Waals surface area contributed by atoms with Crippen molar-refractivity contribution in [3.8, 4) is 0 Å². The molecule has 0 spiro atoms. The van der Waals surface area contributed by atoms with Gasteiger partial charge in [0, 0.05) is 33.9 Å². The Labute approximate surface area is 109 Å². The van der Waals surface area contributed by atoms with Crippen LogP contribution in [0.2, 0.25) is 6.04 Å². The molecule has 0 aromatic rings. The van der Waals surface area contributed by atoms with E-state index in [-0.39, 0.29) is 6.61 Å². The second-order valence-electron chi connectivity index (χ2n) is 3.77. The molecule has 0 aliphatic rings. The molecule has 1 atom stereocenters. The zero-order valence-corrected chi connectivity index (χ0v) is 12.4. The number of carbonyl (C=O) groups is 1. The molecule has 0 radical (unpaired) electrons. The molecule has 0 saturated carbocycles. The normalized spacial score (nSPS) is 13.2. The number of rotatable bonds is 9. The number of amides is 1. The summed E-state index contributed by atoms with van der Waals surface area (Å²) in [4.78, 5) is 11.2. The largest absolute Gasteiger partial charge is 0.500 e. The van der Waals surface area contributed by atoms with E-state index in [1.54, 1.807) is 28.3 Å². The van der Waals surface area contributed by atoms with Gasteiger partial charge in [0.05, 0.1) is 6.10 Å². The molecule has 0 aliphatic heterocycles. The number of aliphatic hydroxyl groups is 1. The predicted octanol–water partition coefficient (Wildman–Crippen LogP) is 0.362. The number of carbonyl (C=O) groups excluding carboxylic acids is 1. The van der Waals surface area contributed by atoms with E-state index in [4.69, 9.17) is 23.1 Å². The van der Waals surface area contributed by atoms with Gasteiger partial charge in [-0.3, -0.25) is 0 Å². The van der Waals surface area contributed by atoms with Gasteiger partial charge in [-0.2, -0.15) is 0 Å². The molecule has 0 heterocycles. The highest BCUT2D eigenvalue weighted by Crippen LogP contribution is 2.14. The van der Waals surface area contributed by atoms with Gasteiger partial charge in [0.15, 0.2) is 0 Å². The van der Waals surface area contributed by atoms with Crippen molar-refractivity contribution in [2.45, 2.75) is 25.5 Å². The molecule has 1 unspecified atom stereocenters. The Bertz CT molecular complexity index is 226. The van der Waals surface area contributed by atoms with Crippen LogP contribution in [0.1, 0.15) is 13.3 Å². The summed E-state index contributed by atoms with van der Waals surface area (Å²) in [7, 11) is 2.08. The second kappa shape index (κ2) is 9.28. The van der Waals surface area contributed by atoms with Crippen LogP contribution in [0.3, 0.4) is 0 Å². The van der Waals surface area contributed by atoms with Crippen molar-refractivity contribution in [2.75, 3.05) is 34.5 Å². The molecule has 18 heavy (non-hydrogen) atoms. The first-order valence-corrected chi connectivity index (χ1v) is 7.67. The van der Waals surface area contributed by atoms with E-state index >= 15 is 0 Å². The molecule has 8 heteroatoms. The Morgan fingerprint density at radius 3 is 2.28 bits per heavy atom. The molecule has 0 aromatic heterocycles. The smallest absolute Gasteiger partial charge is 0.447 e. The molecule has 0 saturated heterocycles. The van der Waals surface area contributed by atoms with Crippen molar-refractivity contribution in [3.05, 3.63) is 0 Å². The van der Waals surface area contributed by atoms with Gasteiger partial charge >= 0.3 is 14.9 Å². The lowest BCUT2D eigenvalue weighted by molar-refractivity contribution is 0.0779. The predicted molar refractivity (Wildman–Crippen MR) is 67.2 cm³/mol. The third-order valence-electron chi connectivity index (χ3n) is 2.32. The third kappa shape index (κ3) is 6.92. The van der Waals surface area contributed by atoms with E-state index in [0.717, 1.165) is 0 Å². The second-order valence-corrected chi connectivity index (χ2v) is 6.86. The Morgan fingerprint density at radius 2 is 1.83 bits per heavy atom. The van der Waals surface area contributed by atoms with Crippen molar-refractivity contribution < 1.29 is 27.9 Å². The lowest BCUT2D eigenvalue weighted by Crippen LogP contribution is -2.43. The molecule has 0 bridgehead atoms. The van der Waals surface area contributed by atoms with Crippen LogP contribution in [0.5, 0.6) is 0 Å². The zero-order chi connectivity index (χ0) is 14.0. The van der Waals surface area contributed by atoms with Crippen LogP contribution < -0.4 is 5.32 Å². The maximum atomic E-state index is 11.2. The van der Waals surface area contributed by atoms with E-state index in [1.807, 2.05) is 0 Å². The van der Waals surface area contributed by atoms with Gasteiger partial charge in [-0.1, -0.05) is 0 Å². The van der Waals surface area contributed by atoms with Crippen LogP contribution >= 0.6 is 0 Å². The van der Waals surface area contributed by atoms with E-state index in [1.165, 1.54) is 0 Å². The Morgan fingerprint density at radius 1 is 1.28 bits per heavy atom. The molecule has 7 nitrogen and oxygen atoms in total. The first-order chi connectivity index (χ1) is 8.49. The van der Waals surface area contributed by atoms with Crippen molar-refractivity contribution in [2.24, 2.45) is 0 Å². The van der Waals surface area contributed by atoms with Crippen molar-refractivity contribution in [1.29, 1.82) is 0 Å². The molecule has 0 fully saturated rings. The minimum absolute atomic E-state index is 0.0151. The summed E-state index contributed by atoms with van der Waals surface area (Å²) in [5.41, 5.74) is 0. The highest BCUT2D eigenvalue weighted by Gasteiger charge is 2.36. The highest BCUT2D eigenvalue weighted by atomic mass is 28.4. The van der Waals surface area contributed by atoms with Gasteiger partial charge < -0.3 is 28.4 Å². The fraction of sp³-hybridized carbons (Fsp3) is 0.900. The first kappa shape index (κ1) is 17.3. The molecule has 0 rings (SSSR count). The lowest BCUT2D eigenvalue weighted by Gasteiger charge is -2.24. The van der Waals surface area contributed by atoms with Crippen LogP contribution in [0, 0.1) is 0 Å². The quantitative estimate of drug-likeness (QED) is 0.469. The number of hydrogen-bond acceptors (Lipinski definition) is 6. The average molecular weight is 281 g/mol. The van der Waals surface area contributed by atoms with E-state index < -0.39 is 21.0 Å². The van der Waals surface area contributed by atoms with E-state index in [9.17, 15) is 4.79 Å². The van der Waals surface area contributed by atoms with Crippen LogP contribution in [0.15, 0.2) is 0 Å². The van der Waals surface area contributed by atoms with Crippen LogP contribution in [0.4, 0.5) is 4.79 Å². The average Bonchev–Trinajstić information content (AvgIpc) is 2.37. The van der Waals surface area contributed by atoms with Crippen molar-refractivity contribution in [1.82, 2.24) is 5.32 Å². The molecular formula is C10H23NO6Si. The number of ether oxygens (including phenoxy) is 1. The summed E-state index contributed by atoms with van der Waals surface area (Å²) in [6.45, 7) is 1.96. The van der Waals surface area contributed by atoms with E-state index in [0.29, 0.717) is 19.0 Å². The number of alkyl carbamates (subject to hydrolysis) is 1. The zero-order valence-electron chi connectivity index (χ0n) is 11.4. The van der Waals surface area contributed by atoms with Crippen molar-refractivity contribution in [3.63, 3.8) is 0 Å². The van der Waals surface area contributed by atoms with Gasteiger partial charge in [0.2, 0.25) is 0 Å². The maximum absolute atomic E-state index is 11.2. The number of hydrogen-bond donors (Lipinski definition) is 2. The maximum Gasteiger partial charge on any atom is 0.500 e. The lowest BCUT2D eigenvalue weighted by atomic mass is 10.4. The third-order valence-corrected chi connectivity index (χ3v) is 5.15. The standard InChI is InChI=1S/C10H23NO6Si/c1-9(12)8-17-10(13)11-6-5-7-18(14-2,15-3)16-4/h9,12H,5-8H2,1-4H3,(H,11,13). The SMILES string of the molecule is CO[Si](CCCNC(=O)OCC(C)O)(OC)OC. The topological polar surface area (TPSA) is 86.3 Å².